The minimum absolute atomic E-state index is 0.0714. The van der Waals surface area contributed by atoms with Crippen LogP contribution in [0.5, 0.6) is 0 Å². The van der Waals surface area contributed by atoms with Crippen molar-refractivity contribution in [2.24, 2.45) is 28.6 Å². The van der Waals surface area contributed by atoms with Crippen molar-refractivity contribution in [1.82, 2.24) is 0 Å². The molecule has 0 aliphatic heterocycles. The Balaban J connectivity index is 1.78. The van der Waals surface area contributed by atoms with Gasteiger partial charge in [0, 0.05) is 31.8 Å². The van der Waals surface area contributed by atoms with E-state index in [1.165, 1.54) is 13.0 Å². The molecule has 0 bridgehead atoms. The molecule has 6 atom stereocenters. The highest BCUT2D eigenvalue weighted by molar-refractivity contribution is 5.70. The van der Waals surface area contributed by atoms with Crippen LogP contribution in [0.1, 0.15) is 73.1 Å². The van der Waals surface area contributed by atoms with Crippen LogP contribution in [0, 0.1) is 28.6 Å². The summed E-state index contributed by atoms with van der Waals surface area (Å²) >= 11 is 0. The molecule has 0 heterocycles. The molecular weight excluding hydrogens is 477 g/mol. The molecule has 4 rings (SSSR count). The van der Waals surface area contributed by atoms with E-state index in [0.717, 1.165) is 51.5 Å². The first-order chi connectivity index (χ1) is 16.7. The molecule has 0 unspecified atom stereocenters. The Hall–Kier alpha value is -2.58. The fourth-order valence-electron chi connectivity index (χ4n) is 7.48. The molecular formula is C27H33F3O6. The summed E-state index contributed by atoms with van der Waals surface area (Å²) < 4.78 is 57.8. The maximum atomic E-state index is 14.1. The lowest BCUT2D eigenvalue weighted by Gasteiger charge is -2.56. The van der Waals surface area contributed by atoms with E-state index in [9.17, 15) is 27.6 Å². The number of allylic oxidation sites excluding steroid dienone is 5. The summed E-state index contributed by atoms with van der Waals surface area (Å²) in [5, 5.41) is 0. The summed E-state index contributed by atoms with van der Waals surface area (Å²) in [6.45, 7) is 7.58. The zero-order valence-electron chi connectivity index (χ0n) is 21.3. The van der Waals surface area contributed by atoms with Crippen molar-refractivity contribution in [3.05, 3.63) is 34.8 Å². The number of rotatable bonds is 3. The van der Waals surface area contributed by atoms with Gasteiger partial charge in [0.15, 0.2) is 0 Å². The Morgan fingerprint density at radius 1 is 0.972 bits per heavy atom. The summed E-state index contributed by atoms with van der Waals surface area (Å²) in [7, 11) is 0. The minimum atomic E-state index is -4.94. The van der Waals surface area contributed by atoms with Crippen LogP contribution in [0.25, 0.3) is 0 Å². The van der Waals surface area contributed by atoms with Crippen LogP contribution in [0.3, 0.4) is 0 Å². The first-order valence-corrected chi connectivity index (χ1v) is 12.4. The van der Waals surface area contributed by atoms with Gasteiger partial charge in [0.25, 0.3) is 0 Å². The summed E-state index contributed by atoms with van der Waals surface area (Å²) in [6, 6.07) is 0. The van der Waals surface area contributed by atoms with Crippen molar-refractivity contribution in [2.45, 2.75) is 85.4 Å². The minimum Gasteiger partial charge on any atom is -0.462 e. The first-order valence-electron chi connectivity index (χ1n) is 12.4. The second-order valence-corrected chi connectivity index (χ2v) is 11.1. The van der Waals surface area contributed by atoms with Crippen molar-refractivity contribution < 1.29 is 41.8 Å². The van der Waals surface area contributed by atoms with Crippen LogP contribution in [0.15, 0.2) is 34.8 Å². The summed E-state index contributed by atoms with van der Waals surface area (Å²) in [5.74, 6) is -3.24. The predicted octanol–water partition coefficient (Wildman–Crippen LogP) is 5.93. The average Bonchev–Trinajstić information content (AvgIpc) is 3.06. The molecule has 0 spiro atoms. The molecule has 6 nitrogen and oxygen atoms in total. The van der Waals surface area contributed by atoms with E-state index in [-0.39, 0.29) is 53.0 Å². The van der Waals surface area contributed by atoms with Gasteiger partial charge in [0.1, 0.15) is 11.9 Å². The fourth-order valence-corrected chi connectivity index (χ4v) is 7.48. The second kappa shape index (κ2) is 9.06. The maximum absolute atomic E-state index is 14.1. The number of fused-ring (bicyclic) bond motifs is 5. The molecule has 4 aliphatic carbocycles. The van der Waals surface area contributed by atoms with Crippen molar-refractivity contribution in [1.29, 1.82) is 0 Å². The van der Waals surface area contributed by atoms with E-state index in [1.54, 1.807) is 0 Å². The Morgan fingerprint density at radius 2 is 1.67 bits per heavy atom. The highest BCUT2D eigenvalue weighted by Crippen LogP contribution is 2.65. The van der Waals surface area contributed by atoms with Crippen LogP contribution >= 0.6 is 0 Å². The maximum Gasteiger partial charge on any atom is 0.450 e. The molecule has 9 heteroatoms. The monoisotopic (exact) mass is 510 g/mol. The van der Waals surface area contributed by atoms with Gasteiger partial charge in [0.05, 0.1) is 0 Å². The number of ether oxygens (including phenoxy) is 3. The number of halogens is 3. The molecule has 4 aliphatic rings. The Kier molecular flexibility index (Phi) is 6.67. The molecule has 0 radical (unpaired) electrons. The SMILES string of the molecule is CC(=O)OC1=CC2=CC[C@H]3[C@@H]4CC[C@H](OC(C)=O)[C@@]4(C)CC[C@@H]3[C@@]2(C)CC1=C(OC(C)=O)C(F)(F)F. The third-order valence-electron chi connectivity index (χ3n) is 8.91. The number of hydrogen-bond donors (Lipinski definition) is 0. The number of esters is 3. The fraction of sp³-hybridized carbons (Fsp3) is 0.667. The number of carbonyl (C=O) groups excluding carboxylic acids is 3. The molecule has 0 saturated heterocycles. The quantitative estimate of drug-likeness (QED) is 0.266. The van der Waals surface area contributed by atoms with E-state index in [2.05, 4.69) is 11.7 Å². The largest absolute Gasteiger partial charge is 0.462 e. The van der Waals surface area contributed by atoms with E-state index >= 15 is 0 Å². The number of hydrogen-bond acceptors (Lipinski definition) is 6. The molecule has 0 aromatic rings. The number of carbonyl (C=O) groups is 3. The van der Waals surface area contributed by atoms with E-state index in [0.29, 0.717) is 0 Å². The molecule has 0 aromatic heterocycles. The second-order valence-electron chi connectivity index (χ2n) is 11.1. The van der Waals surface area contributed by atoms with Gasteiger partial charge < -0.3 is 14.2 Å². The number of alkyl halides is 3. The van der Waals surface area contributed by atoms with Crippen molar-refractivity contribution in [2.75, 3.05) is 0 Å². The lowest BCUT2D eigenvalue weighted by Crippen LogP contribution is -2.51. The van der Waals surface area contributed by atoms with Crippen molar-refractivity contribution >= 4 is 17.9 Å². The van der Waals surface area contributed by atoms with Gasteiger partial charge in [-0.1, -0.05) is 19.9 Å². The molecule has 198 valence electrons. The van der Waals surface area contributed by atoms with Gasteiger partial charge >= 0.3 is 24.1 Å². The highest BCUT2D eigenvalue weighted by Gasteiger charge is 2.60. The molecule has 0 aromatic carbocycles. The summed E-state index contributed by atoms with van der Waals surface area (Å²) in [4.78, 5) is 35.1. The Labute approximate surface area is 208 Å². The molecule has 0 amide bonds. The van der Waals surface area contributed by atoms with Crippen LogP contribution in [-0.4, -0.2) is 30.2 Å². The smallest absolute Gasteiger partial charge is 0.450 e. The zero-order valence-corrected chi connectivity index (χ0v) is 21.3. The van der Waals surface area contributed by atoms with Crippen LogP contribution in [0.4, 0.5) is 13.2 Å². The van der Waals surface area contributed by atoms with E-state index in [1.807, 2.05) is 13.0 Å². The van der Waals surface area contributed by atoms with Crippen LogP contribution in [-0.2, 0) is 28.6 Å². The van der Waals surface area contributed by atoms with Gasteiger partial charge in [-0.25, -0.2) is 0 Å². The predicted molar refractivity (Wildman–Crippen MR) is 123 cm³/mol. The van der Waals surface area contributed by atoms with Crippen LogP contribution in [0.2, 0.25) is 0 Å². The lowest BCUT2D eigenvalue weighted by atomic mass is 9.48. The normalized spacial score (nSPS) is 36.9. The standard InChI is InChI=1S/C27H33F3O6/c1-14(31)34-22-12-17-6-7-18-20-8-9-23(35-15(2)32)25(20,4)11-10-21(18)26(17,5)13-19(22)24(27(28,29)30)36-16(3)33/h6,12,18,20-21,23H,7-11,13H2,1-5H3/t18-,20-,21-,23-,25-,26-/m0/s1. The first kappa shape index (κ1) is 26.5. The van der Waals surface area contributed by atoms with Gasteiger partial charge in [-0.2, -0.15) is 13.2 Å². The third-order valence-corrected chi connectivity index (χ3v) is 8.91. The lowest BCUT2D eigenvalue weighted by molar-refractivity contribution is -0.159. The zero-order chi connectivity index (χ0) is 26.6. The highest BCUT2D eigenvalue weighted by atomic mass is 19.4. The topological polar surface area (TPSA) is 78.9 Å². The summed E-state index contributed by atoms with van der Waals surface area (Å²) in [6.07, 6.45) is 2.38. The molecule has 0 N–H and O–H groups in total. The van der Waals surface area contributed by atoms with Gasteiger partial charge in [-0.05, 0) is 73.3 Å². The van der Waals surface area contributed by atoms with Gasteiger partial charge in [0.2, 0.25) is 5.76 Å². The van der Waals surface area contributed by atoms with Gasteiger partial charge in [-0.3, -0.25) is 14.4 Å². The molecule has 2 fully saturated rings. The van der Waals surface area contributed by atoms with Gasteiger partial charge in [-0.15, -0.1) is 0 Å². The third kappa shape index (κ3) is 4.50. The van der Waals surface area contributed by atoms with Crippen LogP contribution < -0.4 is 0 Å². The van der Waals surface area contributed by atoms with E-state index < -0.39 is 29.3 Å². The molecule has 2 saturated carbocycles. The summed E-state index contributed by atoms with van der Waals surface area (Å²) in [5.41, 5.74) is -0.313. The van der Waals surface area contributed by atoms with E-state index in [4.69, 9.17) is 9.47 Å². The average molecular weight is 511 g/mol. The molecule has 36 heavy (non-hydrogen) atoms. The Bertz CT molecular complexity index is 1070. The van der Waals surface area contributed by atoms with Crippen molar-refractivity contribution in [3.8, 4) is 0 Å². The van der Waals surface area contributed by atoms with Crippen molar-refractivity contribution in [3.63, 3.8) is 0 Å². The Morgan fingerprint density at radius 3 is 2.25 bits per heavy atom.